The fraction of sp³-hybridized carbons (Fsp3) is 0.278. The average Bonchev–Trinajstić information content (AvgIpc) is 2.97. The van der Waals surface area contributed by atoms with E-state index < -0.39 is 0 Å². The molecular weight excluding hydrogens is 298 g/mol. The van der Waals surface area contributed by atoms with Crippen LogP contribution in [-0.4, -0.2) is 19.1 Å². The van der Waals surface area contributed by atoms with E-state index in [0.717, 1.165) is 25.1 Å². The molecule has 3 nitrogen and oxygen atoms in total. The molecular formula is C18H20ClNO2. The summed E-state index contributed by atoms with van der Waals surface area (Å²) in [5, 5.41) is 0. The Morgan fingerprint density at radius 2 is 2.00 bits per heavy atom. The van der Waals surface area contributed by atoms with E-state index in [-0.39, 0.29) is 18.4 Å². The Morgan fingerprint density at radius 3 is 2.82 bits per heavy atom. The van der Waals surface area contributed by atoms with Gasteiger partial charge in [0.15, 0.2) is 0 Å². The molecule has 0 saturated carbocycles. The van der Waals surface area contributed by atoms with Crippen molar-refractivity contribution in [2.45, 2.75) is 19.8 Å². The molecule has 4 heteroatoms. The van der Waals surface area contributed by atoms with Crippen LogP contribution < -0.4 is 4.90 Å². The molecule has 0 radical (unpaired) electrons. The molecule has 1 aliphatic rings. The van der Waals surface area contributed by atoms with Crippen LogP contribution in [0.1, 0.15) is 29.3 Å². The predicted octanol–water partition coefficient (Wildman–Crippen LogP) is 4.37. The summed E-state index contributed by atoms with van der Waals surface area (Å²) in [6, 6.07) is 16.1. The second-order valence-electron chi connectivity index (χ2n) is 5.22. The minimum absolute atomic E-state index is 0. The molecule has 0 saturated heterocycles. The summed E-state index contributed by atoms with van der Waals surface area (Å²) >= 11 is 0. The molecule has 2 aromatic rings. The summed E-state index contributed by atoms with van der Waals surface area (Å²) in [5.74, 6) is -0.244. The Hall–Kier alpha value is -2.00. The van der Waals surface area contributed by atoms with Crippen LogP contribution in [0.3, 0.4) is 0 Å². The smallest absolute Gasteiger partial charge is 0.338 e. The Kier molecular flexibility index (Phi) is 5.45. The largest absolute Gasteiger partial charge is 0.462 e. The van der Waals surface area contributed by atoms with Crippen molar-refractivity contribution in [3.05, 3.63) is 59.7 Å². The minimum Gasteiger partial charge on any atom is -0.462 e. The molecule has 0 aliphatic carbocycles. The fourth-order valence-electron chi connectivity index (χ4n) is 2.69. The van der Waals surface area contributed by atoms with Gasteiger partial charge in [0.25, 0.3) is 0 Å². The Balaban J connectivity index is 0.00000176. The first-order valence-corrected chi connectivity index (χ1v) is 7.42. The number of carbonyl (C=O) groups excluding carboxylic acids is 1. The Morgan fingerprint density at radius 1 is 1.18 bits per heavy atom. The van der Waals surface area contributed by atoms with Crippen molar-refractivity contribution in [3.63, 3.8) is 0 Å². The lowest BCUT2D eigenvalue weighted by Crippen LogP contribution is -2.14. The van der Waals surface area contributed by atoms with Crippen molar-refractivity contribution < 1.29 is 9.53 Å². The molecule has 1 heterocycles. The number of fused-ring (bicyclic) bond motifs is 1. The molecule has 0 spiro atoms. The third-order valence-electron chi connectivity index (χ3n) is 3.72. The van der Waals surface area contributed by atoms with E-state index in [0.29, 0.717) is 12.2 Å². The first kappa shape index (κ1) is 16.4. The zero-order valence-corrected chi connectivity index (χ0v) is 13.4. The molecule has 2 aromatic carbocycles. The average molecular weight is 318 g/mol. The van der Waals surface area contributed by atoms with Crippen LogP contribution in [0.15, 0.2) is 48.5 Å². The van der Waals surface area contributed by atoms with Gasteiger partial charge in [-0.15, -0.1) is 12.4 Å². The zero-order valence-electron chi connectivity index (χ0n) is 12.6. The maximum atomic E-state index is 12.0. The van der Waals surface area contributed by atoms with Crippen LogP contribution >= 0.6 is 12.4 Å². The van der Waals surface area contributed by atoms with Crippen LogP contribution in [0.2, 0.25) is 0 Å². The van der Waals surface area contributed by atoms with E-state index in [2.05, 4.69) is 29.2 Å². The van der Waals surface area contributed by atoms with E-state index in [1.807, 2.05) is 31.2 Å². The van der Waals surface area contributed by atoms with Crippen LogP contribution in [0, 0.1) is 0 Å². The number of ether oxygens (including phenoxy) is 1. The van der Waals surface area contributed by atoms with Gasteiger partial charge in [0.05, 0.1) is 12.2 Å². The van der Waals surface area contributed by atoms with E-state index in [1.165, 1.54) is 11.3 Å². The summed E-state index contributed by atoms with van der Waals surface area (Å²) in [7, 11) is 0. The maximum absolute atomic E-state index is 12.0. The first-order valence-electron chi connectivity index (χ1n) is 7.42. The standard InChI is InChI=1S/C18H19NO2.ClH/c1-2-12-21-18(20)15-7-5-8-16(13-15)19-11-10-14-6-3-4-9-17(14)19;/h3-9,13H,2,10-12H2,1H3;1H. The van der Waals surface area contributed by atoms with Crippen molar-refractivity contribution in [1.82, 2.24) is 0 Å². The number of esters is 1. The highest BCUT2D eigenvalue weighted by Gasteiger charge is 2.20. The van der Waals surface area contributed by atoms with Gasteiger partial charge in [-0.05, 0) is 42.7 Å². The third-order valence-corrected chi connectivity index (χ3v) is 3.72. The molecule has 116 valence electrons. The van der Waals surface area contributed by atoms with Crippen LogP contribution in [-0.2, 0) is 11.2 Å². The van der Waals surface area contributed by atoms with E-state index in [1.54, 1.807) is 0 Å². The molecule has 0 N–H and O–H groups in total. The molecule has 0 atom stereocenters. The lowest BCUT2D eigenvalue weighted by molar-refractivity contribution is 0.0505. The number of hydrogen-bond donors (Lipinski definition) is 0. The third kappa shape index (κ3) is 3.25. The SMILES string of the molecule is CCCOC(=O)c1cccc(N2CCc3ccccc32)c1.Cl. The van der Waals surface area contributed by atoms with Crippen LogP contribution in [0.25, 0.3) is 0 Å². The van der Waals surface area contributed by atoms with Crippen LogP contribution in [0.4, 0.5) is 11.4 Å². The van der Waals surface area contributed by atoms with Gasteiger partial charge in [-0.2, -0.15) is 0 Å². The number of hydrogen-bond acceptors (Lipinski definition) is 3. The minimum atomic E-state index is -0.244. The zero-order chi connectivity index (χ0) is 14.7. The summed E-state index contributed by atoms with van der Waals surface area (Å²) in [6.07, 6.45) is 1.88. The van der Waals surface area contributed by atoms with E-state index in [9.17, 15) is 4.79 Å². The maximum Gasteiger partial charge on any atom is 0.338 e. The van der Waals surface area contributed by atoms with Gasteiger partial charge in [-0.1, -0.05) is 31.2 Å². The summed E-state index contributed by atoms with van der Waals surface area (Å²) < 4.78 is 5.21. The monoisotopic (exact) mass is 317 g/mol. The molecule has 0 bridgehead atoms. The molecule has 0 amide bonds. The topological polar surface area (TPSA) is 29.5 Å². The van der Waals surface area contributed by atoms with Gasteiger partial charge in [-0.3, -0.25) is 0 Å². The molecule has 22 heavy (non-hydrogen) atoms. The Labute approximate surface area is 137 Å². The highest BCUT2D eigenvalue weighted by molar-refractivity contribution is 5.91. The van der Waals surface area contributed by atoms with E-state index in [4.69, 9.17) is 4.74 Å². The van der Waals surface area contributed by atoms with Gasteiger partial charge >= 0.3 is 5.97 Å². The van der Waals surface area contributed by atoms with Gasteiger partial charge in [0.2, 0.25) is 0 Å². The van der Waals surface area contributed by atoms with Crippen molar-refractivity contribution in [3.8, 4) is 0 Å². The van der Waals surface area contributed by atoms with Gasteiger partial charge < -0.3 is 9.64 Å². The number of benzene rings is 2. The normalized spacial score (nSPS) is 12.5. The highest BCUT2D eigenvalue weighted by Crippen LogP contribution is 2.34. The predicted molar refractivity (Wildman–Crippen MR) is 91.4 cm³/mol. The summed E-state index contributed by atoms with van der Waals surface area (Å²) in [5.41, 5.74) is 4.25. The molecule has 3 rings (SSSR count). The molecule has 0 unspecified atom stereocenters. The number of rotatable bonds is 4. The van der Waals surface area contributed by atoms with Crippen LogP contribution in [0.5, 0.6) is 0 Å². The fourth-order valence-corrected chi connectivity index (χ4v) is 2.69. The molecule has 1 aliphatic heterocycles. The number of nitrogens with zero attached hydrogens (tertiary/aromatic N) is 1. The number of halogens is 1. The van der Waals surface area contributed by atoms with Crippen molar-refractivity contribution >= 4 is 29.8 Å². The lowest BCUT2D eigenvalue weighted by Gasteiger charge is -2.20. The van der Waals surface area contributed by atoms with Gasteiger partial charge in [0, 0.05) is 17.9 Å². The second-order valence-corrected chi connectivity index (χ2v) is 5.22. The lowest BCUT2D eigenvalue weighted by atomic mass is 10.1. The number of para-hydroxylation sites is 1. The number of anilines is 2. The Bertz CT molecular complexity index is 657. The van der Waals surface area contributed by atoms with E-state index >= 15 is 0 Å². The second kappa shape index (κ2) is 7.32. The van der Waals surface area contributed by atoms with Gasteiger partial charge in [0.1, 0.15) is 0 Å². The van der Waals surface area contributed by atoms with Gasteiger partial charge in [-0.25, -0.2) is 4.79 Å². The van der Waals surface area contributed by atoms with Crippen molar-refractivity contribution in [2.24, 2.45) is 0 Å². The first-order chi connectivity index (χ1) is 10.3. The number of carbonyl (C=O) groups is 1. The van der Waals surface area contributed by atoms with Crippen molar-refractivity contribution in [2.75, 3.05) is 18.1 Å². The molecule has 0 fully saturated rings. The summed E-state index contributed by atoms with van der Waals surface area (Å²) in [6.45, 7) is 3.41. The molecule has 0 aromatic heterocycles. The highest BCUT2D eigenvalue weighted by atomic mass is 35.5. The van der Waals surface area contributed by atoms with Crippen molar-refractivity contribution in [1.29, 1.82) is 0 Å². The quantitative estimate of drug-likeness (QED) is 0.784. The summed E-state index contributed by atoms with van der Waals surface area (Å²) in [4.78, 5) is 14.2.